The normalized spacial score (nSPS) is 17.5. The molecule has 0 spiro atoms. The fourth-order valence-corrected chi connectivity index (χ4v) is 3.53. The molecule has 0 unspecified atom stereocenters. The number of aliphatic carboxylic acids is 1. The van der Waals surface area contributed by atoms with Gasteiger partial charge in [0.25, 0.3) is 5.91 Å². The van der Waals surface area contributed by atoms with Crippen molar-refractivity contribution in [1.82, 2.24) is 9.88 Å². The second kappa shape index (κ2) is 6.47. The number of thiazole rings is 1. The number of hydrogen-bond acceptors (Lipinski definition) is 4. The van der Waals surface area contributed by atoms with Gasteiger partial charge in [0.2, 0.25) is 0 Å². The van der Waals surface area contributed by atoms with Gasteiger partial charge >= 0.3 is 5.97 Å². The number of carbonyl (C=O) groups is 2. The number of rotatable bonds is 3. The predicted molar refractivity (Wildman–Crippen MR) is 89.2 cm³/mol. The quantitative estimate of drug-likeness (QED) is 0.894. The summed E-state index contributed by atoms with van der Waals surface area (Å²) in [5.74, 6) is -1.60. The summed E-state index contributed by atoms with van der Waals surface area (Å²) < 4.78 is 0. The van der Waals surface area contributed by atoms with E-state index in [4.69, 9.17) is 28.3 Å². The van der Waals surface area contributed by atoms with E-state index in [9.17, 15) is 9.59 Å². The maximum Gasteiger partial charge on any atom is 0.308 e. The molecule has 0 radical (unpaired) electrons. The molecule has 1 aromatic heterocycles. The second-order valence-corrected chi connectivity index (χ2v) is 6.91. The van der Waals surface area contributed by atoms with Crippen LogP contribution >= 0.6 is 34.5 Å². The molecule has 1 amide bonds. The highest BCUT2D eigenvalue weighted by Crippen LogP contribution is 2.31. The van der Waals surface area contributed by atoms with E-state index in [1.54, 1.807) is 23.6 Å². The smallest absolute Gasteiger partial charge is 0.308 e. The first-order valence-corrected chi connectivity index (χ1v) is 8.52. The monoisotopic (exact) mass is 370 g/mol. The number of amides is 1. The molecule has 1 fully saturated rings. The van der Waals surface area contributed by atoms with Crippen molar-refractivity contribution < 1.29 is 14.7 Å². The lowest BCUT2D eigenvalue weighted by Crippen LogP contribution is -2.30. The predicted octanol–water partition coefficient (Wildman–Crippen LogP) is 3.66. The molecule has 5 nitrogen and oxygen atoms in total. The molecular weight excluding hydrogens is 359 g/mol. The van der Waals surface area contributed by atoms with Crippen LogP contribution in [-0.4, -0.2) is 40.0 Å². The van der Waals surface area contributed by atoms with Crippen LogP contribution < -0.4 is 0 Å². The summed E-state index contributed by atoms with van der Waals surface area (Å²) in [6.07, 6.45) is 0.477. The summed E-state index contributed by atoms with van der Waals surface area (Å²) in [4.78, 5) is 29.3. The topological polar surface area (TPSA) is 70.5 Å². The molecule has 1 atom stereocenters. The van der Waals surface area contributed by atoms with Crippen molar-refractivity contribution >= 4 is 46.4 Å². The molecule has 0 aliphatic carbocycles. The first-order chi connectivity index (χ1) is 11.0. The van der Waals surface area contributed by atoms with Crippen LogP contribution in [0.25, 0.3) is 10.6 Å². The third-order valence-corrected chi connectivity index (χ3v) is 5.34. The highest BCUT2D eigenvalue weighted by Gasteiger charge is 2.32. The number of carboxylic acid groups (broad SMARTS) is 1. The number of carboxylic acids is 1. The Labute approximate surface area is 146 Å². The Morgan fingerprint density at radius 1 is 1.30 bits per heavy atom. The van der Waals surface area contributed by atoms with Crippen molar-refractivity contribution in [3.05, 3.63) is 39.3 Å². The maximum atomic E-state index is 12.4. The minimum atomic E-state index is -0.866. The average Bonchev–Trinajstić information content (AvgIpc) is 3.18. The first kappa shape index (κ1) is 16.2. The van der Waals surface area contributed by atoms with Crippen LogP contribution in [0, 0.1) is 5.92 Å². The number of hydrogen-bond donors (Lipinski definition) is 1. The molecule has 1 N–H and O–H groups in total. The fraction of sp³-hybridized carbons (Fsp3) is 0.267. The molecule has 2 heterocycles. The maximum absolute atomic E-state index is 12.4. The van der Waals surface area contributed by atoms with Gasteiger partial charge in [-0.2, -0.15) is 0 Å². The zero-order chi connectivity index (χ0) is 16.6. The van der Waals surface area contributed by atoms with Crippen LogP contribution in [0.5, 0.6) is 0 Å². The Morgan fingerprint density at radius 3 is 2.74 bits per heavy atom. The first-order valence-electron chi connectivity index (χ1n) is 6.88. The molecule has 0 bridgehead atoms. The summed E-state index contributed by atoms with van der Waals surface area (Å²) in [5.41, 5.74) is 1.11. The number of halogens is 2. The summed E-state index contributed by atoms with van der Waals surface area (Å²) in [5, 5.41) is 12.2. The largest absolute Gasteiger partial charge is 0.481 e. The van der Waals surface area contributed by atoms with Gasteiger partial charge in [-0.25, -0.2) is 4.98 Å². The Morgan fingerprint density at radius 2 is 2.09 bits per heavy atom. The molecule has 120 valence electrons. The minimum absolute atomic E-state index is 0.230. The SMILES string of the molecule is O=C(O)[C@@H]1CCN(C(=O)c2csc(-c3ccc(Cl)c(Cl)c3)n2)C1. The highest BCUT2D eigenvalue weighted by atomic mass is 35.5. The second-order valence-electron chi connectivity index (χ2n) is 5.24. The zero-order valence-electron chi connectivity index (χ0n) is 11.8. The Balaban J connectivity index is 1.78. The summed E-state index contributed by atoms with van der Waals surface area (Å²) in [6, 6.07) is 5.17. The lowest BCUT2D eigenvalue weighted by Gasteiger charge is -2.13. The van der Waals surface area contributed by atoms with Crippen LogP contribution in [0.4, 0.5) is 0 Å². The number of benzene rings is 1. The molecule has 2 aromatic rings. The van der Waals surface area contributed by atoms with Gasteiger partial charge < -0.3 is 10.0 Å². The summed E-state index contributed by atoms with van der Waals surface area (Å²) >= 11 is 13.2. The van der Waals surface area contributed by atoms with Crippen LogP contribution in [-0.2, 0) is 4.79 Å². The van der Waals surface area contributed by atoms with E-state index >= 15 is 0 Å². The van der Waals surface area contributed by atoms with Gasteiger partial charge in [-0.05, 0) is 18.6 Å². The van der Waals surface area contributed by atoms with Crippen molar-refractivity contribution in [2.45, 2.75) is 6.42 Å². The van der Waals surface area contributed by atoms with Crippen molar-refractivity contribution in [2.24, 2.45) is 5.92 Å². The van der Waals surface area contributed by atoms with E-state index < -0.39 is 11.9 Å². The van der Waals surface area contributed by atoms with E-state index in [1.165, 1.54) is 16.2 Å². The van der Waals surface area contributed by atoms with Crippen LogP contribution in [0.15, 0.2) is 23.6 Å². The summed E-state index contributed by atoms with van der Waals surface area (Å²) in [7, 11) is 0. The third kappa shape index (κ3) is 3.34. The molecule has 8 heteroatoms. The lowest BCUT2D eigenvalue weighted by molar-refractivity contribution is -0.141. The third-order valence-electron chi connectivity index (χ3n) is 3.71. The van der Waals surface area contributed by atoms with E-state index in [0.717, 1.165) is 5.56 Å². The number of nitrogens with zero attached hydrogens (tertiary/aromatic N) is 2. The molecule has 0 saturated carbocycles. The standard InChI is InChI=1S/C15H12Cl2N2O3S/c16-10-2-1-8(5-11(10)17)13-18-12(7-23-13)14(20)19-4-3-9(6-19)15(21)22/h1-2,5,7,9H,3-4,6H2,(H,21,22)/t9-/m1/s1. The van der Waals surface area contributed by atoms with Gasteiger partial charge in [0, 0.05) is 24.0 Å². The molecular formula is C15H12Cl2N2O3S. The van der Waals surface area contributed by atoms with Crippen LogP contribution in [0.2, 0.25) is 10.0 Å². The molecule has 1 aromatic carbocycles. The summed E-state index contributed by atoms with van der Waals surface area (Å²) in [6.45, 7) is 0.670. The van der Waals surface area contributed by atoms with Gasteiger partial charge in [0.1, 0.15) is 10.7 Å². The Hall–Kier alpha value is -1.63. The van der Waals surface area contributed by atoms with E-state index in [2.05, 4.69) is 4.98 Å². The van der Waals surface area contributed by atoms with Crippen LogP contribution in [0.1, 0.15) is 16.9 Å². The van der Waals surface area contributed by atoms with E-state index in [-0.39, 0.29) is 12.5 Å². The highest BCUT2D eigenvalue weighted by molar-refractivity contribution is 7.13. The average molecular weight is 371 g/mol. The molecule has 1 aliphatic rings. The molecule has 3 rings (SSSR count). The molecule has 1 aliphatic heterocycles. The van der Waals surface area contributed by atoms with Crippen molar-refractivity contribution in [2.75, 3.05) is 13.1 Å². The lowest BCUT2D eigenvalue weighted by atomic mass is 10.1. The van der Waals surface area contributed by atoms with Gasteiger partial charge in [-0.15, -0.1) is 11.3 Å². The van der Waals surface area contributed by atoms with Crippen molar-refractivity contribution in [3.63, 3.8) is 0 Å². The molecule has 23 heavy (non-hydrogen) atoms. The zero-order valence-corrected chi connectivity index (χ0v) is 14.2. The van der Waals surface area contributed by atoms with Gasteiger partial charge in [-0.1, -0.05) is 29.3 Å². The van der Waals surface area contributed by atoms with Gasteiger partial charge in [-0.3, -0.25) is 9.59 Å². The Kier molecular flexibility index (Phi) is 4.57. The van der Waals surface area contributed by atoms with Gasteiger partial charge in [0.15, 0.2) is 0 Å². The van der Waals surface area contributed by atoms with E-state index in [1.807, 2.05) is 0 Å². The Bertz CT molecular complexity index is 778. The number of likely N-dealkylation sites (tertiary alicyclic amines) is 1. The minimum Gasteiger partial charge on any atom is -0.481 e. The van der Waals surface area contributed by atoms with Crippen molar-refractivity contribution in [3.8, 4) is 10.6 Å². The van der Waals surface area contributed by atoms with Crippen LogP contribution in [0.3, 0.4) is 0 Å². The van der Waals surface area contributed by atoms with E-state index in [0.29, 0.717) is 33.7 Å². The number of carbonyl (C=O) groups excluding carboxylic acids is 1. The van der Waals surface area contributed by atoms with Gasteiger partial charge in [0.05, 0.1) is 16.0 Å². The molecule has 1 saturated heterocycles. The van der Waals surface area contributed by atoms with Crippen molar-refractivity contribution in [1.29, 1.82) is 0 Å². The fourth-order valence-electron chi connectivity index (χ4n) is 2.44. The number of aromatic nitrogens is 1.